The van der Waals surface area contributed by atoms with E-state index >= 15 is 0 Å². The number of aromatic nitrogens is 1. The normalized spacial score (nSPS) is 17.0. The molecular weight excluding hydrogens is 287 g/mol. The number of alkyl halides is 3. The second-order valence-corrected chi connectivity index (χ2v) is 5.06. The van der Waals surface area contributed by atoms with Crippen LogP contribution >= 0.6 is 0 Å². The zero-order valence-corrected chi connectivity index (χ0v) is 11.5. The van der Waals surface area contributed by atoms with Crippen molar-refractivity contribution in [3.63, 3.8) is 0 Å². The molecular formula is C13H16F3N3O2. The van der Waals surface area contributed by atoms with Gasteiger partial charge < -0.3 is 14.9 Å². The summed E-state index contributed by atoms with van der Waals surface area (Å²) in [6.07, 6.45) is -4.54. The van der Waals surface area contributed by atoms with Crippen LogP contribution in [0.15, 0.2) is 12.3 Å². The van der Waals surface area contributed by atoms with Crippen LogP contribution in [0.5, 0.6) is 0 Å². The van der Waals surface area contributed by atoms with E-state index in [1.165, 1.54) is 6.07 Å². The minimum absolute atomic E-state index is 0.251. The first kappa shape index (κ1) is 15.6. The first-order chi connectivity index (χ1) is 9.77. The molecule has 1 aliphatic rings. The first-order valence-electron chi connectivity index (χ1n) is 6.49. The standard InChI is InChI=1S/C13H16F3N3O2/c1-18-2-4-19(5-3-18)11-6-9(7-12(20)21)10(8-17-11)13(14,15)16/h6,8H,2-5,7H2,1H3,(H,20,21). The van der Waals surface area contributed by atoms with Crippen molar-refractivity contribution in [2.24, 2.45) is 0 Å². The second-order valence-electron chi connectivity index (χ2n) is 5.06. The van der Waals surface area contributed by atoms with E-state index in [2.05, 4.69) is 9.88 Å². The van der Waals surface area contributed by atoms with Crippen LogP contribution in [0.3, 0.4) is 0 Å². The van der Waals surface area contributed by atoms with E-state index in [0.717, 1.165) is 19.3 Å². The molecule has 1 aromatic heterocycles. The monoisotopic (exact) mass is 303 g/mol. The van der Waals surface area contributed by atoms with Gasteiger partial charge in [0.05, 0.1) is 12.0 Å². The van der Waals surface area contributed by atoms with Crippen LogP contribution in [-0.4, -0.2) is 54.2 Å². The van der Waals surface area contributed by atoms with E-state index in [4.69, 9.17) is 5.11 Å². The highest BCUT2D eigenvalue weighted by Gasteiger charge is 2.34. The van der Waals surface area contributed by atoms with Crippen LogP contribution in [0.1, 0.15) is 11.1 Å². The minimum atomic E-state index is -4.60. The van der Waals surface area contributed by atoms with E-state index in [1.807, 2.05) is 11.9 Å². The molecule has 0 saturated carbocycles. The molecule has 2 rings (SSSR count). The third-order valence-corrected chi connectivity index (χ3v) is 3.45. The van der Waals surface area contributed by atoms with Crippen LogP contribution in [0.25, 0.3) is 0 Å². The van der Waals surface area contributed by atoms with Gasteiger partial charge in [-0.15, -0.1) is 0 Å². The predicted molar refractivity (Wildman–Crippen MR) is 70.3 cm³/mol. The maximum absolute atomic E-state index is 12.9. The topological polar surface area (TPSA) is 56.7 Å². The maximum atomic E-state index is 12.9. The summed E-state index contributed by atoms with van der Waals surface area (Å²) in [5.74, 6) is -0.900. The minimum Gasteiger partial charge on any atom is -0.481 e. The Hall–Kier alpha value is -1.83. The fourth-order valence-corrected chi connectivity index (χ4v) is 2.26. The fraction of sp³-hybridized carbons (Fsp3) is 0.538. The lowest BCUT2D eigenvalue weighted by molar-refractivity contribution is -0.139. The number of carbonyl (C=O) groups is 1. The summed E-state index contributed by atoms with van der Waals surface area (Å²) in [7, 11) is 1.97. The van der Waals surface area contributed by atoms with Gasteiger partial charge in [0, 0.05) is 32.4 Å². The zero-order valence-electron chi connectivity index (χ0n) is 11.5. The third kappa shape index (κ3) is 3.84. The molecule has 0 aromatic carbocycles. The van der Waals surface area contributed by atoms with Crippen molar-refractivity contribution in [2.45, 2.75) is 12.6 Å². The molecule has 1 aromatic rings. The quantitative estimate of drug-likeness (QED) is 0.916. The number of aliphatic carboxylic acids is 1. The van der Waals surface area contributed by atoms with E-state index in [-0.39, 0.29) is 5.56 Å². The smallest absolute Gasteiger partial charge is 0.418 e. The Balaban J connectivity index is 2.30. The Bertz CT molecular complexity index is 526. The Labute approximate surface area is 120 Å². The van der Waals surface area contributed by atoms with Crippen LogP contribution < -0.4 is 4.90 Å². The first-order valence-corrected chi connectivity index (χ1v) is 6.49. The van der Waals surface area contributed by atoms with E-state index < -0.39 is 24.1 Å². The zero-order chi connectivity index (χ0) is 15.6. The number of pyridine rings is 1. The molecule has 0 amide bonds. The van der Waals surface area contributed by atoms with Gasteiger partial charge in [-0.1, -0.05) is 0 Å². The second kappa shape index (κ2) is 5.88. The number of halogens is 3. The molecule has 0 spiro atoms. The summed E-state index contributed by atoms with van der Waals surface area (Å²) >= 11 is 0. The van der Waals surface area contributed by atoms with Gasteiger partial charge in [0.2, 0.25) is 0 Å². The lowest BCUT2D eigenvalue weighted by Gasteiger charge is -2.33. The van der Waals surface area contributed by atoms with Gasteiger partial charge in [-0.05, 0) is 18.7 Å². The van der Waals surface area contributed by atoms with Crippen molar-refractivity contribution in [2.75, 3.05) is 38.1 Å². The molecule has 1 aliphatic heterocycles. The highest BCUT2D eigenvalue weighted by Crippen LogP contribution is 2.33. The van der Waals surface area contributed by atoms with Gasteiger partial charge in [-0.25, -0.2) is 4.98 Å². The van der Waals surface area contributed by atoms with Crippen molar-refractivity contribution in [1.82, 2.24) is 9.88 Å². The Morgan fingerprint density at radius 2 is 1.95 bits per heavy atom. The molecule has 0 aliphatic carbocycles. The number of rotatable bonds is 3. The molecule has 5 nitrogen and oxygen atoms in total. The van der Waals surface area contributed by atoms with E-state index in [1.54, 1.807) is 0 Å². The molecule has 1 saturated heterocycles. The summed E-state index contributed by atoms with van der Waals surface area (Å²) in [6, 6.07) is 1.24. The molecule has 0 bridgehead atoms. The average Bonchev–Trinajstić information content (AvgIpc) is 2.37. The summed E-state index contributed by atoms with van der Waals surface area (Å²) in [6.45, 7) is 2.89. The highest BCUT2D eigenvalue weighted by atomic mass is 19.4. The van der Waals surface area contributed by atoms with Crippen LogP contribution in [0, 0.1) is 0 Å². The Morgan fingerprint density at radius 1 is 1.33 bits per heavy atom. The summed E-state index contributed by atoms with van der Waals surface area (Å²) in [5.41, 5.74) is -1.23. The van der Waals surface area contributed by atoms with Gasteiger partial charge in [0.25, 0.3) is 0 Å². The lowest BCUT2D eigenvalue weighted by Crippen LogP contribution is -2.44. The molecule has 21 heavy (non-hydrogen) atoms. The molecule has 8 heteroatoms. The van der Waals surface area contributed by atoms with Crippen molar-refractivity contribution >= 4 is 11.8 Å². The molecule has 0 radical (unpaired) electrons. The van der Waals surface area contributed by atoms with Crippen LogP contribution in [-0.2, 0) is 17.4 Å². The number of hydrogen-bond donors (Lipinski definition) is 1. The maximum Gasteiger partial charge on any atom is 0.418 e. The molecule has 0 unspecified atom stereocenters. The van der Waals surface area contributed by atoms with Crippen LogP contribution in [0.2, 0.25) is 0 Å². The SMILES string of the molecule is CN1CCN(c2cc(CC(=O)O)c(C(F)(F)F)cn2)CC1. The van der Waals surface area contributed by atoms with Gasteiger partial charge >= 0.3 is 12.1 Å². The Morgan fingerprint density at radius 3 is 2.48 bits per heavy atom. The molecule has 0 atom stereocenters. The number of carboxylic acid groups (broad SMARTS) is 1. The van der Waals surface area contributed by atoms with Crippen molar-refractivity contribution in [3.8, 4) is 0 Å². The fourth-order valence-electron chi connectivity index (χ4n) is 2.26. The van der Waals surface area contributed by atoms with Gasteiger partial charge in [-0.3, -0.25) is 4.79 Å². The number of carboxylic acids is 1. The number of hydrogen-bond acceptors (Lipinski definition) is 4. The molecule has 2 heterocycles. The van der Waals surface area contributed by atoms with Crippen molar-refractivity contribution < 1.29 is 23.1 Å². The summed E-state index contributed by atoms with van der Waals surface area (Å²) in [5, 5.41) is 8.79. The number of likely N-dealkylation sites (N-methyl/N-ethyl adjacent to an activating group) is 1. The predicted octanol–water partition coefficient (Wildman–Crippen LogP) is 1.48. The van der Waals surface area contributed by atoms with Crippen molar-refractivity contribution in [1.29, 1.82) is 0 Å². The largest absolute Gasteiger partial charge is 0.481 e. The van der Waals surface area contributed by atoms with Crippen molar-refractivity contribution in [3.05, 3.63) is 23.4 Å². The van der Waals surface area contributed by atoms with Crippen LogP contribution in [0.4, 0.5) is 19.0 Å². The average molecular weight is 303 g/mol. The van der Waals surface area contributed by atoms with E-state index in [0.29, 0.717) is 18.9 Å². The van der Waals surface area contributed by atoms with E-state index in [9.17, 15) is 18.0 Å². The van der Waals surface area contributed by atoms with Gasteiger partial charge in [0.1, 0.15) is 5.82 Å². The van der Waals surface area contributed by atoms with Gasteiger partial charge in [-0.2, -0.15) is 13.2 Å². The Kier molecular flexibility index (Phi) is 4.36. The summed E-state index contributed by atoms with van der Waals surface area (Å²) in [4.78, 5) is 18.6. The number of anilines is 1. The molecule has 116 valence electrons. The molecule has 1 N–H and O–H groups in total. The van der Waals surface area contributed by atoms with Gasteiger partial charge in [0.15, 0.2) is 0 Å². The lowest BCUT2D eigenvalue weighted by atomic mass is 10.1. The number of nitrogens with zero attached hydrogens (tertiary/aromatic N) is 3. The highest BCUT2D eigenvalue weighted by molar-refractivity contribution is 5.71. The molecule has 1 fully saturated rings. The summed E-state index contributed by atoms with van der Waals surface area (Å²) < 4.78 is 38.6. The third-order valence-electron chi connectivity index (χ3n) is 3.45. The number of piperazine rings is 1.